The van der Waals surface area contributed by atoms with Gasteiger partial charge in [-0.15, -0.1) is 0 Å². The van der Waals surface area contributed by atoms with Crippen LogP contribution in [0.2, 0.25) is 0 Å². The highest BCUT2D eigenvalue weighted by atomic mass is 16.5. The van der Waals surface area contributed by atoms with E-state index in [-0.39, 0.29) is 0 Å². The highest BCUT2D eigenvalue weighted by molar-refractivity contribution is 5.40. The second-order valence-corrected chi connectivity index (χ2v) is 5.13. The van der Waals surface area contributed by atoms with E-state index in [1.165, 1.54) is 5.56 Å². The van der Waals surface area contributed by atoms with Crippen LogP contribution >= 0.6 is 0 Å². The molecular formula is C15H17N3O. The van der Waals surface area contributed by atoms with E-state index in [1.54, 1.807) is 6.07 Å². The number of nitrogens with zero attached hydrogens (tertiary/aromatic N) is 2. The fraction of sp³-hybridized carbons (Fsp3) is 0.333. The topological polar surface area (TPSA) is 61.0 Å². The number of hydrogen-bond acceptors (Lipinski definition) is 4. The number of hydrogen-bond donors (Lipinski definition) is 1. The Balaban J connectivity index is 1.89. The van der Waals surface area contributed by atoms with E-state index in [4.69, 9.17) is 10.5 Å². The summed E-state index contributed by atoms with van der Waals surface area (Å²) in [6.45, 7) is 4.08. The average molecular weight is 255 g/mol. The molecule has 3 rings (SSSR count). The quantitative estimate of drug-likeness (QED) is 0.913. The lowest BCUT2D eigenvalue weighted by Crippen LogP contribution is -2.00. The lowest BCUT2D eigenvalue weighted by molar-refractivity contribution is 0.455. The van der Waals surface area contributed by atoms with Gasteiger partial charge in [0.15, 0.2) is 0 Å². The standard InChI is InChI=1S/C15H17N3O/c1-9-3-6-12(10(2)7-9)19-14-8-13(16)17-15(18-14)11-4-5-11/h3,6-8,11H,4-5H2,1-2H3,(H2,16,17,18). The highest BCUT2D eigenvalue weighted by Gasteiger charge is 2.27. The Morgan fingerprint density at radius 2 is 1.95 bits per heavy atom. The van der Waals surface area contributed by atoms with Gasteiger partial charge in [0.1, 0.15) is 17.4 Å². The summed E-state index contributed by atoms with van der Waals surface area (Å²) in [7, 11) is 0. The molecule has 1 saturated carbocycles. The molecule has 4 nitrogen and oxygen atoms in total. The fourth-order valence-electron chi connectivity index (χ4n) is 2.06. The maximum atomic E-state index is 5.83. The number of ether oxygens (including phenoxy) is 1. The molecule has 0 radical (unpaired) electrons. The Morgan fingerprint density at radius 1 is 1.16 bits per heavy atom. The van der Waals surface area contributed by atoms with Crippen LogP contribution in [0.3, 0.4) is 0 Å². The first-order chi connectivity index (χ1) is 9.11. The van der Waals surface area contributed by atoms with Crippen molar-refractivity contribution in [2.24, 2.45) is 0 Å². The summed E-state index contributed by atoms with van der Waals surface area (Å²) in [5.41, 5.74) is 8.11. The Kier molecular flexibility index (Phi) is 2.85. The van der Waals surface area contributed by atoms with Crippen LogP contribution in [0.1, 0.15) is 35.7 Å². The van der Waals surface area contributed by atoms with Gasteiger partial charge in [-0.1, -0.05) is 17.7 Å². The first-order valence-electron chi connectivity index (χ1n) is 6.51. The van der Waals surface area contributed by atoms with E-state index in [1.807, 2.05) is 19.1 Å². The molecule has 0 spiro atoms. The summed E-state index contributed by atoms with van der Waals surface area (Å²) >= 11 is 0. The van der Waals surface area contributed by atoms with E-state index >= 15 is 0 Å². The van der Waals surface area contributed by atoms with E-state index in [2.05, 4.69) is 23.0 Å². The Bertz CT molecular complexity index is 621. The SMILES string of the molecule is Cc1ccc(Oc2cc(N)nc(C3CC3)n2)c(C)c1. The van der Waals surface area contributed by atoms with E-state index in [9.17, 15) is 0 Å². The van der Waals surface area contributed by atoms with Gasteiger partial charge >= 0.3 is 0 Å². The molecule has 1 aromatic heterocycles. The van der Waals surface area contributed by atoms with Gasteiger partial charge in [0.05, 0.1) is 0 Å². The van der Waals surface area contributed by atoms with Crippen LogP contribution in [-0.2, 0) is 0 Å². The Hall–Kier alpha value is -2.10. The summed E-state index contributed by atoms with van der Waals surface area (Å²) in [6, 6.07) is 7.74. The van der Waals surface area contributed by atoms with Crippen LogP contribution in [0.5, 0.6) is 11.6 Å². The third-order valence-corrected chi connectivity index (χ3v) is 3.23. The molecular weight excluding hydrogens is 238 g/mol. The predicted octanol–water partition coefficient (Wildman–Crippen LogP) is 3.35. The van der Waals surface area contributed by atoms with Crippen molar-refractivity contribution < 1.29 is 4.74 Å². The summed E-state index contributed by atoms with van der Waals surface area (Å²) in [6.07, 6.45) is 2.29. The van der Waals surface area contributed by atoms with Crippen molar-refractivity contribution in [3.8, 4) is 11.6 Å². The first-order valence-corrected chi connectivity index (χ1v) is 6.51. The number of nitrogen functional groups attached to an aromatic ring is 1. The molecule has 0 atom stereocenters. The Labute approximate surface area is 112 Å². The molecule has 0 bridgehead atoms. The van der Waals surface area contributed by atoms with Crippen LogP contribution in [-0.4, -0.2) is 9.97 Å². The Morgan fingerprint density at radius 3 is 2.63 bits per heavy atom. The minimum atomic E-state index is 0.463. The average Bonchev–Trinajstić information content (AvgIpc) is 3.16. The molecule has 1 fully saturated rings. The van der Waals surface area contributed by atoms with Crippen molar-refractivity contribution in [1.29, 1.82) is 0 Å². The molecule has 0 unspecified atom stereocenters. The van der Waals surface area contributed by atoms with Crippen molar-refractivity contribution in [2.75, 3.05) is 5.73 Å². The molecule has 0 amide bonds. The smallest absolute Gasteiger partial charge is 0.224 e. The molecule has 1 heterocycles. The van der Waals surface area contributed by atoms with Gasteiger partial charge in [-0.3, -0.25) is 0 Å². The van der Waals surface area contributed by atoms with Crippen LogP contribution in [0.25, 0.3) is 0 Å². The normalized spacial score (nSPS) is 14.4. The molecule has 1 aliphatic carbocycles. The van der Waals surface area contributed by atoms with Crippen LogP contribution in [0, 0.1) is 13.8 Å². The van der Waals surface area contributed by atoms with Gasteiger partial charge in [0, 0.05) is 12.0 Å². The minimum Gasteiger partial charge on any atom is -0.439 e. The van der Waals surface area contributed by atoms with Crippen molar-refractivity contribution >= 4 is 5.82 Å². The molecule has 0 aliphatic heterocycles. The number of nitrogens with two attached hydrogens (primary N) is 1. The monoisotopic (exact) mass is 255 g/mol. The zero-order valence-corrected chi connectivity index (χ0v) is 11.2. The second-order valence-electron chi connectivity index (χ2n) is 5.13. The summed E-state index contributed by atoms with van der Waals surface area (Å²) in [4.78, 5) is 8.70. The molecule has 2 N–H and O–H groups in total. The summed E-state index contributed by atoms with van der Waals surface area (Å²) in [5.74, 6) is 3.08. The van der Waals surface area contributed by atoms with Crippen LogP contribution < -0.4 is 10.5 Å². The van der Waals surface area contributed by atoms with Gasteiger partial charge in [0.25, 0.3) is 0 Å². The van der Waals surface area contributed by atoms with E-state index in [0.29, 0.717) is 17.6 Å². The fourth-order valence-corrected chi connectivity index (χ4v) is 2.06. The third kappa shape index (κ3) is 2.67. The zero-order valence-electron chi connectivity index (χ0n) is 11.2. The predicted molar refractivity (Wildman–Crippen MR) is 74.4 cm³/mol. The third-order valence-electron chi connectivity index (χ3n) is 3.23. The number of rotatable bonds is 3. The van der Waals surface area contributed by atoms with Gasteiger partial charge < -0.3 is 10.5 Å². The molecule has 98 valence electrons. The van der Waals surface area contributed by atoms with Crippen LogP contribution in [0.4, 0.5) is 5.82 Å². The molecule has 19 heavy (non-hydrogen) atoms. The van der Waals surface area contributed by atoms with E-state index < -0.39 is 0 Å². The van der Waals surface area contributed by atoms with Crippen LogP contribution in [0.15, 0.2) is 24.3 Å². The largest absolute Gasteiger partial charge is 0.439 e. The summed E-state index contributed by atoms with van der Waals surface area (Å²) in [5, 5.41) is 0. The lowest BCUT2D eigenvalue weighted by Gasteiger charge is -2.10. The van der Waals surface area contributed by atoms with Crippen molar-refractivity contribution in [3.05, 3.63) is 41.2 Å². The maximum Gasteiger partial charge on any atom is 0.224 e. The van der Waals surface area contributed by atoms with Crippen molar-refractivity contribution in [3.63, 3.8) is 0 Å². The van der Waals surface area contributed by atoms with Gasteiger partial charge in [-0.05, 0) is 38.3 Å². The van der Waals surface area contributed by atoms with E-state index in [0.717, 1.165) is 30.0 Å². The van der Waals surface area contributed by atoms with Gasteiger partial charge in [-0.2, -0.15) is 4.98 Å². The van der Waals surface area contributed by atoms with Crippen molar-refractivity contribution in [2.45, 2.75) is 32.6 Å². The van der Waals surface area contributed by atoms with Gasteiger partial charge in [0.2, 0.25) is 5.88 Å². The first kappa shape index (κ1) is 12.0. The minimum absolute atomic E-state index is 0.463. The van der Waals surface area contributed by atoms with Gasteiger partial charge in [-0.25, -0.2) is 4.98 Å². The molecule has 4 heteroatoms. The zero-order chi connectivity index (χ0) is 13.4. The summed E-state index contributed by atoms with van der Waals surface area (Å²) < 4.78 is 5.83. The highest BCUT2D eigenvalue weighted by Crippen LogP contribution is 2.39. The molecule has 1 aromatic carbocycles. The number of anilines is 1. The lowest BCUT2D eigenvalue weighted by atomic mass is 10.1. The second kappa shape index (κ2) is 4.53. The molecule has 2 aromatic rings. The number of benzene rings is 1. The molecule has 0 saturated heterocycles. The molecule has 1 aliphatic rings. The number of aromatic nitrogens is 2. The number of aryl methyl sites for hydroxylation is 2. The maximum absolute atomic E-state index is 5.83. The van der Waals surface area contributed by atoms with Crippen molar-refractivity contribution in [1.82, 2.24) is 9.97 Å².